The zero-order chi connectivity index (χ0) is 10.2. The third kappa shape index (κ3) is 1.70. The number of amides is 1. The maximum atomic E-state index is 12.8. The minimum atomic E-state index is -0.942. The molecule has 0 aromatic carbocycles. The summed E-state index contributed by atoms with van der Waals surface area (Å²) in [5.41, 5.74) is -0.646. The summed E-state index contributed by atoms with van der Waals surface area (Å²) in [6.07, 6.45) is 0.693. The second kappa shape index (κ2) is 3.21. The van der Waals surface area contributed by atoms with Gasteiger partial charge < -0.3 is 10.6 Å². The molecule has 0 spiro atoms. The highest BCUT2D eigenvalue weighted by atomic mass is 19.1. The Morgan fingerprint density at radius 3 is 2.79 bits per heavy atom. The molecule has 4 nitrogen and oxygen atoms in total. The van der Waals surface area contributed by atoms with Crippen molar-refractivity contribution in [3.63, 3.8) is 0 Å². The van der Waals surface area contributed by atoms with Crippen LogP contribution in [0.5, 0.6) is 0 Å². The van der Waals surface area contributed by atoms with Crippen LogP contribution in [-0.2, 0) is 4.79 Å². The van der Waals surface area contributed by atoms with Crippen LogP contribution in [-0.4, -0.2) is 30.2 Å². The standard InChI is InChI=1S/C9H12FN3O/c10-6-3-7(12-4-6)8(14)13-9(5-11)1-2-9/h6-7,12H,1-4H2,(H,13,14)/t6-,7-/m0/s1. The first-order valence-electron chi connectivity index (χ1n) is 4.76. The minimum absolute atomic E-state index is 0.216. The summed E-state index contributed by atoms with van der Waals surface area (Å²) in [6.45, 7) is 0.234. The summed E-state index contributed by atoms with van der Waals surface area (Å²) < 4.78 is 12.8. The number of nitriles is 1. The van der Waals surface area contributed by atoms with E-state index in [0.717, 1.165) is 0 Å². The fourth-order valence-corrected chi connectivity index (χ4v) is 1.60. The van der Waals surface area contributed by atoms with Crippen LogP contribution >= 0.6 is 0 Å². The van der Waals surface area contributed by atoms with Gasteiger partial charge in [0.25, 0.3) is 0 Å². The third-order valence-corrected chi connectivity index (χ3v) is 2.72. The van der Waals surface area contributed by atoms with E-state index in [4.69, 9.17) is 5.26 Å². The molecule has 1 aliphatic heterocycles. The first-order chi connectivity index (χ1) is 6.65. The Morgan fingerprint density at radius 2 is 2.36 bits per heavy atom. The van der Waals surface area contributed by atoms with Gasteiger partial charge in [-0.15, -0.1) is 0 Å². The van der Waals surface area contributed by atoms with Gasteiger partial charge in [-0.2, -0.15) is 5.26 Å². The normalized spacial score (nSPS) is 33.4. The van der Waals surface area contributed by atoms with Gasteiger partial charge in [-0.1, -0.05) is 0 Å². The van der Waals surface area contributed by atoms with Gasteiger partial charge >= 0.3 is 0 Å². The van der Waals surface area contributed by atoms with Crippen molar-refractivity contribution in [1.82, 2.24) is 10.6 Å². The van der Waals surface area contributed by atoms with Crippen LogP contribution in [0.15, 0.2) is 0 Å². The molecule has 2 atom stereocenters. The highest BCUT2D eigenvalue weighted by Gasteiger charge is 2.46. The van der Waals surface area contributed by atoms with Gasteiger partial charge in [0.1, 0.15) is 11.7 Å². The van der Waals surface area contributed by atoms with Crippen molar-refractivity contribution < 1.29 is 9.18 Å². The molecule has 76 valence electrons. The lowest BCUT2D eigenvalue weighted by Gasteiger charge is -2.13. The van der Waals surface area contributed by atoms with E-state index in [1.165, 1.54) is 0 Å². The lowest BCUT2D eigenvalue weighted by atomic mass is 10.2. The topological polar surface area (TPSA) is 64.9 Å². The molecule has 2 rings (SSSR count). The summed E-state index contributed by atoms with van der Waals surface area (Å²) in [4.78, 5) is 11.5. The SMILES string of the molecule is N#CC1(NC(=O)[C@@H]2C[C@H](F)CN2)CC1. The fraction of sp³-hybridized carbons (Fsp3) is 0.778. The van der Waals surface area contributed by atoms with Crippen LogP contribution in [0, 0.1) is 11.3 Å². The average molecular weight is 197 g/mol. The molecule has 14 heavy (non-hydrogen) atoms. The van der Waals surface area contributed by atoms with Gasteiger partial charge in [0.2, 0.25) is 5.91 Å². The Morgan fingerprint density at radius 1 is 1.64 bits per heavy atom. The van der Waals surface area contributed by atoms with Crippen LogP contribution < -0.4 is 10.6 Å². The summed E-state index contributed by atoms with van der Waals surface area (Å²) in [7, 11) is 0. The Balaban J connectivity index is 1.88. The molecule has 2 aliphatic rings. The molecule has 1 amide bonds. The number of hydrogen-bond acceptors (Lipinski definition) is 3. The average Bonchev–Trinajstić information content (AvgIpc) is 2.80. The molecule has 0 aromatic rings. The number of nitrogens with zero attached hydrogens (tertiary/aromatic N) is 1. The largest absolute Gasteiger partial charge is 0.336 e. The quantitative estimate of drug-likeness (QED) is 0.647. The zero-order valence-electron chi connectivity index (χ0n) is 7.72. The van der Waals surface area contributed by atoms with Crippen LogP contribution in [0.25, 0.3) is 0 Å². The third-order valence-electron chi connectivity index (χ3n) is 2.72. The Hall–Kier alpha value is -1.15. The van der Waals surface area contributed by atoms with Crippen molar-refractivity contribution >= 4 is 5.91 Å². The Bertz CT molecular complexity index is 295. The predicted octanol–water partition coefficient (Wildman–Crippen LogP) is -0.141. The number of alkyl halides is 1. The second-order valence-corrected chi connectivity index (χ2v) is 3.98. The van der Waals surface area contributed by atoms with Crippen molar-refractivity contribution in [2.75, 3.05) is 6.54 Å². The molecular formula is C9H12FN3O. The fourth-order valence-electron chi connectivity index (χ4n) is 1.60. The van der Waals surface area contributed by atoms with E-state index in [2.05, 4.69) is 16.7 Å². The van der Waals surface area contributed by atoms with Crippen molar-refractivity contribution in [1.29, 1.82) is 5.26 Å². The van der Waals surface area contributed by atoms with Crippen molar-refractivity contribution in [3.8, 4) is 6.07 Å². The number of carbonyl (C=O) groups excluding carboxylic acids is 1. The van der Waals surface area contributed by atoms with E-state index in [-0.39, 0.29) is 18.9 Å². The lowest BCUT2D eigenvalue weighted by molar-refractivity contribution is -0.123. The van der Waals surface area contributed by atoms with E-state index in [1.807, 2.05) is 0 Å². The number of carbonyl (C=O) groups is 1. The molecule has 0 radical (unpaired) electrons. The molecule has 0 unspecified atom stereocenters. The molecule has 2 N–H and O–H groups in total. The Labute approximate surface area is 81.5 Å². The summed E-state index contributed by atoms with van der Waals surface area (Å²) >= 11 is 0. The van der Waals surface area contributed by atoms with Gasteiger partial charge in [0.05, 0.1) is 12.1 Å². The molecule has 5 heteroatoms. The first kappa shape index (κ1) is 9.41. The smallest absolute Gasteiger partial charge is 0.238 e. The number of hydrogen-bond donors (Lipinski definition) is 2. The first-order valence-corrected chi connectivity index (χ1v) is 4.76. The molecule has 1 saturated carbocycles. The van der Waals surface area contributed by atoms with Crippen LogP contribution in [0.4, 0.5) is 4.39 Å². The number of halogens is 1. The predicted molar refractivity (Wildman–Crippen MR) is 47.0 cm³/mol. The van der Waals surface area contributed by atoms with E-state index < -0.39 is 17.8 Å². The van der Waals surface area contributed by atoms with Gasteiger partial charge in [-0.25, -0.2) is 4.39 Å². The van der Waals surface area contributed by atoms with Gasteiger partial charge in [-0.05, 0) is 12.8 Å². The van der Waals surface area contributed by atoms with Crippen molar-refractivity contribution in [3.05, 3.63) is 0 Å². The number of nitrogens with one attached hydrogen (secondary N) is 2. The van der Waals surface area contributed by atoms with Crippen LogP contribution in [0.2, 0.25) is 0 Å². The van der Waals surface area contributed by atoms with E-state index in [9.17, 15) is 9.18 Å². The molecule has 0 aromatic heterocycles. The van der Waals surface area contributed by atoms with Crippen molar-refractivity contribution in [2.45, 2.75) is 37.0 Å². The maximum absolute atomic E-state index is 12.8. The number of rotatable bonds is 2. The molecule has 1 heterocycles. The van der Waals surface area contributed by atoms with Gasteiger partial charge in [0.15, 0.2) is 0 Å². The second-order valence-electron chi connectivity index (χ2n) is 3.98. The van der Waals surface area contributed by atoms with Crippen LogP contribution in [0.3, 0.4) is 0 Å². The van der Waals surface area contributed by atoms with Crippen molar-refractivity contribution in [2.24, 2.45) is 0 Å². The molecule has 1 aliphatic carbocycles. The highest BCUT2D eigenvalue weighted by molar-refractivity contribution is 5.83. The van der Waals surface area contributed by atoms with E-state index >= 15 is 0 Å². The molecule has 2 fully saturated rings. The van der Waals surface area contributed by atoms with E-state index in [0.29, 0.717) is 12.8 Å². The molecular weight excluding hydrogens is 185 g/mol. The minimum Gasteiger partial charge on any atom is -0.336 e. The summed E-state index contributed by atoms with van der Waals surface area (Å²) in [6, 6.07) is 1.60. The lowest BCUT2D eigenvalue weighted by Crippen LogP contribution is -2.45. The van der Waals surface area contributed by atoms with Gasteiger partial charge in [-0.3, -0.25) is 4.79 Å². The van der Waals surface area contributed by atoms with E-state index in [1.54, 1.807) is 0 Å². The van der Waals surface area contributed by atoms with Gasteiger partial charge in [0, 0.05) is 13.0 Å². The summed E-state index contributed by atoms with van der Waals surface area (Å²) in [5, 5.41) is 14.2. The molecule has 1 saturated heterocycles. The monoisotopic (exact) mass is 197 g/mol. The zero-order valence-corrected chi connectivity index (χ0v) is 7.72. The summed E-state index contributed by atoms with van der Waals surface area (Å²) in [5.74, 6) is -0.246. The Kier molecular flexibility index (Phi) is 2.16. The van der Waals surface area contributed by atoms with Crippen LogP contribution in [0.1, 0.15) is 19.3 Å². The molecule has 0 bridgehead atoms. The maximum Gasteiger partial charge on any atom is 0.238 e. The highest BCUT2D eigenvalue weighted by Crippen LogP contribution is 2.34.